The summed E-state index contributed by atoms with van der Waals surface area (Å²) in [5.41, 5.74) is 1.61. The molecule has 4 nitrogen and oxygen atoms in total. The van der Waals surface area contributed by atoms with Crippen LogP contribution >= 0.6 is 0 Å². The number of nitrogens with zero attached hydrogens (tertiary/aromatic N) is 3. The first-order valence-corrected chi connectivity index (χ1v) is 7.11. The highest BCUT2D eigenvalue weighted by atomic mass is 15.4. The van der Waals surface area contributed by atoms with Gasteiger partial charge in [-0.25, -0.2) is 0 Å². The third kappa shape index (κ3) is 2.44. The highest BCUT2D eigenvalue weighted by Crippen LogP contribution is 2.51. The summed E-state index contributed by atoms with van der Waals surface area (Å²) < 4.78 is 1.92. The van der Waals surface area contributed by atoms with E-state index in [0.717, 1.165) is 5.92 Å². The van der Waals surface area contributed by atoms with Crippen molar-refractivity contribution in [3.05, 3.63) is 11.9 Å². The quantitative estimate of drug-likeness (QED) is 0.873. The van der Waals surface area contributed by atoms with E-state index in [1.165, 1.54) is 37.8 Å². The molecule has 1 aliphatic carbocycles. The molecule has 0 bridgehead atoms. The van der Waals surface area contributed by atoms with Gasteiger partial charge >= 0.3 is 0 Å². The van der Waals surface area contributed by atoms with Gasteiger partial charge in [0.25, 0.3) is 0 Å². The summed E-state index contributed by atoms with van der Waals surface area (Å²) in [7, 11) is 4.06. The summed E-state index contributed by atoms with van der Waals surface area (Å²) in [6, 6.07) is 0.377. The molecule has 102 valence electrons. The van der Waals surface area contributed by atoms with Crippen LogP contribution in [0.3, 0.4) is 0 Å². The minimum Gasteiger partial charge on any atom is -0.311 e. The molecule has 2 rings (SSSR count). The molecular formula is C14H26N4. The summed E-state index contributed by atoms with van der Waals surface area (Å²) in [6.45, 7) is 4.66. The molecule has 1 N–H and O–H groups in total. The first-order chi connectivity index (χ1) is 8.59. The second kappa shape index (κ2) is 5.39. The molecule has 0 amide bonds. The Bertz CT molecular complexity index is 377. The number of aromatic nitrogens is 3. The Labute approximate surface area is 110 Å². The lowest BCUT2D eigenvalue weighted by Crippen LogP contribution is -2.37. The lowest BCUT2D eigenvalue weighted by molar-refractivity contribution is 0.155. The summed E-state index contributed by atoms with van der Waals surface area (Å²) in [4.78, 5) is 0. The molecule has 18 heavy (non-hydrogen) atoms. The van der Waals surface area contributed by atoms with E-state index in [4.69, 9.17) is 0 Å². The molecule has 1 atom stereocenters. The second-order valence-corrected chi connectivity index (χ2v) is 6.17. The first kappa shape index (κ1) is 13.5. The highest BCUT2D eigenvalue weighted by Gasteiger charge is 2.42. The van der Waals surface area contributed by atoms with Crippen LogP contribution in [0, 0.1) is 11.3 Å². The van der Waals surface area contributed by atoms with Crippen LogP contribution in [0.2, 0.25) is 0 Å². The van der Waals surface area contributed by atoms with Crippen molar-refractivity contribution >= 4 is 0 Å². The van der Waals surface area contributed by atoms with Crippen molar-refractivity contribution in [1.82, 2.24) is 20.3 Å². The van der Waals surface area contributed by atoms with Gasteiger partial charge in [0.05, 0.1) is 17.9 Å². The van der Waals surface area contributed by atoms with E-state index in [1.807, 2.05) is 17.9 Å². The number of hydrogen-bond acceptors (Lipinski definition) is 3. The lowest BCUT2D eigenvalue weighted by atomic mass is 9.71. The van der Waals surface area contributed by atoms with E-state index >= 15 is 0 Å². The second-order valence-electron chi connectivity index (χ2n) is 6.17. The third-order valence-corrected chi connectivity index (χ3v) is 4.36. The van der Waals surface area contributed by atoms with Crippen molar-refractivity contribution < 1.29 is 0 Å². The van der Waals surface area contributed by atoms with Gasteiger partial charge in [0.2, 0.25) is 0 Å². The van der Waals surface area contributed by atoms with Crippen LogP contribution < -0.4 is 5.32 Å². The zero-order chi connectivity index (χ0) is 13.2. The Morgan fingerprint density at radius 3 is 2.50 bits per heavy atom. The van der Waals surface area contributed by atoms with Gasteiger partial charge in [-0.1, -0.05) is 31.9 Å². The maximum Gasteiger partial charge on any atom is 0.0758 e. The Balaban J connectivity index is 2.31. The third-order valence-electron chi connectivity index (χ3n) is 4.36. The predicted octanol–water partition coefficient (Wildman–Crippen LogP) is 2.68. The molecule has 0 radical (unpaired) electrons. The zero-order valence-electron chi connectivity index (χ0n) is 12.1. The van der Waals surface area contributed by atoms with Gasteiger partial charge in [0.15, 0.2) is 0 Å². The smallest absolute Gasteiger partial charge is 0.0758 e. The predicted molar refractivity (Wildman–Crippen MR) is 73.2 cm³/mol. The van der Waals surface area contributed by atoms with Crippen molar-refractivity contribution in [1.29, 1.82) is 0 Å². The molecule has 0 aromatic carbocycles. The van der Waals surface area contributed by atoms with Crippen LogP contribution in [0.4, 0.5) is 0 Å². The lowest BCUT2D eigenvalue weighted by Gasteiger charge is -2.38. The van der Waals surface area contributed by atoms with Crippen LogP contribution in [0.5, 0.6) is 0 Å². The molecule has 1 aromatic rings. The normalized spacial score (nSPS) is 20.5. The number of rotatable bonds is 5. The molecule has 4 heteroatoms. The van der Waals surface area contributed by atoms with Crippen LogP contribution in [0.1, 0.15) is 57.7 Å². The van der Waals surface area contributed by atoms with Crippen molar-refractivity contribution in [2.45, 2.75) is 52.0 Å². The van der Waals surface area contributed by atoms with Crippen LogP contribution in [0.15, 0.2) is 6.20 Å². The Morgan fingerprint density at radius 2 is 2.06 bits per heavy atom. The van der Waals surface area contributed by atoms with E-state index in [0.29, 0.717) is 11.5 Å². The maximum atomic E-state index is 4.09. The topological polar surface area (TPSA) is 42.7 Å². The molecular weight excluding hydrogens is 224 g/mol. The van der Waals surface area contributed by atoms with Crippen molar-refractivity contribution in [2.75, 3.05) is 7.05 Å². The molecule has 1 aliphatic rings. The molecule has 0 saturated heterocycles. The fourth-order valence-electron chi connectivity index (χ4n) is 3.83. The minimum atomic E-state index is 0.377. The summed E-state index contributed by atoms with van der Waals surface area (Å²) in [5, 5.41) is 11.7. The SMILES string of the molecule is CNC(c1cnnn1C)C1(CC(C)C)CCCC1. The highest BCUT2D eigenvalue weighted by molar-refractivity contribution is 5.10. The van der Waals surface area contributed by atoms with Crippen molar-refractivity contribution in [2.24, 2.45) is 18.4 Å². The van der Waals surface area contributed by atoms with Gasteiger partial charge < -0.3 is 5.32 Å². The van der Waals surface area contributed by atoms with Crippen molar-refractivity contribution in [3.63, 3.8) is 0 Å². The van der Waals surface area contributed by atoms with Gasteiger partial charge in [0, 0.05) is 7.05 Å². The minimum absolute atomic E-state index is 0.377. The average Bonchev–Trinajstić information content (AvgIpc) is 2.90. The molecule has 1 aromatic heterocycles. The van der Waals surface area contributed by atoms with Gasteiger partial charge in [-0.15, -0.1) is 5.10 Å². The summed E-state index contributed by atoms with van der Waals surface area (Å²) >= 11 is 0. The Morgan fingerprint density at radius 1 is 1.39 bits per heavy atom. The van der Waals surface area contributed by atoms with Crippen LogP contribution in [-0.2, 0) is 7.05 Å². The molecule has 1 saturated carbocycles. The molecule has 1 heterocycles. The van der Waals surface area contributed by atoms with E-state index in [9.17, 15) is 0 Å². The van der Waals surface area contributed by atoms with Crippen LogP contribution in [0.25, 0.3) is 0 Å². The van der Waals surface area contributed by atoms with E-state index in [1.54, 1.807) is 0 Å². The Kier molecular flexibility index (Phi) is 4.05. The molecule has 0 spiro atoms. The zero-order valence-corrected chi connectivity index (χ0v) is 12.1. The fourth-order valence-corrected chi connectivity index (χ4v) is 3.83. The average molecular weight is 250 g/mol. The monoisotopic (exact) mass is 250 g/mol. The Hall–Kier alpha value is -0.900. The van der Waals surface area contributed by atoms with Gasteiger partial charge in [-0.2, -0.15) is 0 Å². The fraction of sp³-hybridized carbons (Fsp3) is 0.857. The van der Waals surface area contributed by atoms with Gasteiger partial charge in [-0.3, -0.25) is 4.68 Å². The van der Waals surface area contributed by atoms with E-state index in [2.05, 4.69) is 36.5 Å². The first-order valence-electron chi connectivity index (χ1n) is 7.11. The molecule has 1 unspecified atom stereocenters. The number of nitrogens with one attached hydrogen (secondary N) is 1. The molecule has 1 fully saturated rings. The maximum absolute atomic E-state index is 4.09. The number of hydrogen-bond donors (Lipinski definition) is 1. The van der Waals surface area contributed by atoms with Crippen molar-refractivity contribution in [3.8, 4) is 0 Å². The number of aryl methyl sites for hydroxylation is 1. The van der Waals surface area contributed by atoms with Crippen LogP contribution in [-0.4, -0.2) is 22.0 Å². The molecule has 0 aliphatic heterocycles. The summed E-state index contributed by atoms with van der Waals surface area (Å²) in [6.07, 6.45) is 8.56. The summed E-state index contributed by atoms with van der Waals surface area (Å²) in [5.74, 6) is 0.736. The standard InChI is InChI=1S/C14H26N4/c1-11(2)9-14(7-5-6-8-14)13(15-3)12-10-16-17-18(12)4/h10-11,13,15H,5-9H2,1-4H3. The van der Waals surface area contributed by atoms with Gasteiger partial charge in [0.1, 0.15) is 0 Å². The largest absolute Gasteiger partial charge is 0.311 e. The van der Waals surface area contributed by atoms with E-state index < -0.39 is 0 Å². The van der Waals surface area contributed by atoms with E-state index in [-0.39, 0.29) is 0 Å². The van der Waals surface area contributed by atoms with Gasteiger partial charge in [-0.05, 0) is 37.6 Å².